The van der Waals surface area contributed by atoms with Crippen LogP contribution >= 0.6 is 0 Å². The molecule has 0 saturated carbocycles. The van der Waals surface area contributed by atoms with E-state index < -0.39 is 21.8 Å². The second-order valence-electron chi connectivity index (χ2n) is 5.00. The molecule has 0 bridgehead atoms. The molecule has 1 rings (SSSR count). The maximum Gasteiger partial charge on any atom is 0.371 e. The summed E-state index contributed by atoms with van der Waals surface area (Å²) in [6, 6.07) is 2.92. The zero-order valence-corrected chi connectivity index (χ0v) is 13.0. The van der Waals surface area contributed by atoms with Gasteiger partial charge in [0.05, 0.1) is 6.07 Å². The predicted octanol–water partition coefficient (Wildman–Crippen LogP) is 1.85. The normalized spacial score (nSPS) is 11.8. The first-order chi connectivity index (χ1) is 9.70. The van der Waals surface area contributed by atoms with E-state index in [1.165, 1.54) is 11.2 Å². The van der Waals surface area contributed by atoms with Crippen LogP contribution in [0.2, 0.25) is 0 Å². The molecule has 1 aromatic rings. The van der Waals surface area contributed by atoms with Crippen molar-refractivity contribution in [3.63, 3.8) is 0 Å². The van der Waals surface area contributed by atoms with Crippen LogP contribution in [0.25, 0.3) is 0 Å². The molecular weight excluding hydrogens is 296 g/mol. The topological polar surface area (TPSA) is 112 Å². The van der Waals surface area contributed by atoms with Crippen molar-refractivity contribution in [3.8, 4) is 6.07 Å². The molecule has 0 spiro atoms. The largest absolute Gasteiger partial charge is 0.475 e. The molecule has 0 fully saturated rings. The van der Waals surface area contributed by atoms with Crippen molar-refractivity contribution in [2.45, 2.75) is 32.1 Å². The Morgan fingerprint density at radius 3 is 2.57 bits per heavy atom. The van der Waals surface area contributed by atoms with Crippen LogP contribution in [0.5, 0.6) is 0 Å². The predicted molar refractivity (Wildman–Crippen MR) is 74.2 cm³/mol. The minimum atomic E-state index is -3.89. The molecule has 21 heavy (non-hydrogen) atoms. The number of aromatic carboxylic acids is 1. The van der Waals surface area contributed by atoms with Gasteiger partial charge in [0.1, 0.15) is 10.7 Å². The van der Waals surface area contributed by atoms with Crippen molar-refractivity contribution in [2.75, 3.05) is 13.1 Å². The van der Waals surface area contributed by atoms with Crippen molar-refractivity contribution in [2.24, 2.45) is 5.92 Å². The number of nitrogens with zero attached hydrogens (tertiary/aromatic N) is 2. The van der Waals surface area contributed by atoms with Gasteiger partial charge >= 0.3 is 5.97 Å². The van der Waals surface area contributed by atoms with Crippen LogP contribution in [0.15, 0.2) is 15.4 Å². The Labute approximate surface area is 123 Å². The van der Waals surface area contributed by atoms with Gasteiger partial charge in [0.15, 0.2) is 0 Å². The molecule has 0 aliphatic heterocycles. The van der Waals surface area contributed by atoms with Crippen LogP contribution in [0.4, 0.5) is 0 Å². The molecular formula is C13H18N2O5S. The minimum absolute atomic E-state index is 0.0260. The molecule has 1 N–H and O–H groups in total. The highest BCUT2D eigenvalue weighted by Crippen LogP contribution is 2.24. The van der Waals surface area contributed by atoms with Crippen LogP contribution in [-0.2, 0) is 10.0 Å². The Kier molecular flexibility index (Phi) is 5.52. The fourth-order valence-electron chi connectivity index (χ4n) is 1.86. The van der Waals surface area contributed by atoms with E-state index in [2.05, 4.69) is 0 Å². The van der Waals surface area contributed by atoms with Gasteiger partial charge in [-0.2, -0.15) is 9.57 Å². The highest BCUT2D eigenvalue weighted by Gasteiger charge is 2.30. The van der Waals surface area contributed by atoms with Crippen molar-refractivity contribution >= 4 is 16.0 Å². The van der Waals surface area contributed by atoms with Crippen LogP contribution in [0, 0.1) is 24.2 Å². The van der Waals surface area contributed by atoms with E-state index in [0.717, 1.165) is 6.07 Å². The number of carboxylic acid groups (broad SMARTS) is 1. The lowest BCUT2D eigenvalue weighted by Gasteiger charge is -2.22. The fraction of sp³-hybridized carbons (Fsp3) is 0.538. The van der Waals surface area contributed by atoms with Crippen molar-refractivity contribution in [3.05, 3.63) is 17.6 Å². The summed E-state index contributed by atoms with van der Waals surface area (Å²) in [7, 11) is -3.89. The summed E-state index contributed by atoms with van der Waals surface area (Å²) in [6.07, 6.45) is 0.0641. The average molecular weight is 314 g/mol. The zero-order valence-electron chi connectivity index (χ0n) is 12.2. The number of nitriles is 1. The SMILES string of the molecule is Cc1oc(C(=O)O)cc1S(=O)(=O)N(CCC#N)CC(C)C. The van der Waals surface area contributed by atoms with Crippen molar-refractivity contribution in [1.82, 2.24) is 4.31 Å². The van der Waals surface area contributed by atoms with E-state index in [1.807, 2.05) is 19.9 Å². The summed E-state index contributed by atoms with van der Waals surface area (Å²) in [5.74, 6) is -1.65. The van der Waals surface area contributed by atoms with Gasteiger partial charge in [0.25, 0.3) is 0 Å². The third kappa shape index (κ3) is 4.06. The average Bonchev–Trinajstić information content (AvgIpc) is 2.77. The molecule has 7 nitrogen and oxygen atoms in total. The van der Waals surface area contributed by atoms with Gasteiger partial charge in [-0.15, -0.1) is 0 Å². The molecule has 1 heterocycles. The molecule has 0 unspecified atom stereocenters. The number of furan rings is 1. The third-order valence-electron chi connectivity index (χ3n) is 2.74. The van der Waals surface area contributed by atoms with Crippen LogP contribution in [-0.4, -0.2) is 36.9 Å². The van der Waals surface area contributed by atoms with Crippen LogP contribution in [0.3, 0.4) is 0 Å². The molecule has 0 aliphatic carbocycles. The second kappa shape index (κ2) is 6.74. The Morgan fingerprint density at radius 2 is 2.14 bits per heavy atom. The smallest absolute Gasteiger partial charge is 0.371 e. The molecule has 0 radical (unpaired) electrons. The summed E-state index contributed by atoms with van der Waals surface area (Å²) < 4.78 is 31.3. The standard InChI is InChI=1S/C13H18N2O5S/c1-9(2)8-15(6-4-5-14)21(18,19)12-7-11(13(16)17)20-10(12)3/h7,9H,4,6,8H2,1-3H3,(H,16,17). The highest BCUT2D eigenvalue weighted by molar-refractivity contribution is 7.89. The number of hydrogen-bond acceptors (Lipinski definition) is 5. The number of rotatable bonds is 7. The number of sulfonamides is 1. The fourth-order valence-corrected chi connectivity index (χ4v) is 3.62. The zero-order chi connectivity index (χ0) is 16.2. The number of aryl methyl sites for hydroxylation is 1. The van der Waals surface area contributed by atoms with Crippen LogP contribution in [0.1, 0.15) is 36.6 Å². The first kappa shape index (κ1) is 17.2. The maximum absolute atomic E-state index is 12.6. The Morgan fingerprint density at radius 1 is 1.52 bits per heavy atom. The van der Waals surface area contributed by atoms with E-state index in [0.29, 0.717) is 0 Å². The third-order valence-corrected chi connectivity index (χ3v) is 4.72. The number of carbonyl (C=O) groups is 1. The van der Waals surface area contributed by atoms with Crippen LogP contribution < -0.4 is 0 Å². The first-order valence-corrected chi connectivity index (χ1v) is 7.85. The Bertz CT molecular complexity index is 655. The summed E-state index contributed by atoms with van der Waals surface area (Å²) in [5, 5.41) is 17.5. The van der Waals surface area contributed by atoms with Gasteiger partial charge in [-0.25, -0.2) is 13.2 Å². The van der Waals surface area contributed by atoms with Gasteiger partial charge in [-0.3, -0.25) is 0 Å². The van der Waals surface area contributed by atoms with Gasteiger partial charge in [0, 0.05) is 25.6 Å². The monoisotopic (exact) mass is 314 g/mol. The lowest BCUT2D eigenvalue weighted by Crippen LogP contribution is -2.35. The minimum Gasteiger partial charge on any atom is -0.475 e. The highest BCUT2D eigenvalue weighted by atomic mass is 32.2. The van der Waals surface area contributed by atoms with E-state index >= 15 is 0 Å². The molecule has 116 valence electrons. The van der Waals surface area contributed by atoms with Crippen molar-refractivity contribution in [1.29, 1.82) is 5.26 Å². The van der Waals surface area contributed by atoms with Crippen molar-refractivity contribution < 1.29 is 22.7 Å². The lowest BCUT2D eigenvalue weighted by atomic mass is 10.2. The number of hydrogen-bond donors (Lipinski definition) is 1. The summed E-state index contributed by atoms with van der Waals surface area (Å²) >= 11 is 0. The molecule has 1 aromatic heterocycles. The van der Waals surface area contributed by atoms with E-state index in [-0.39, 0.29) is 36.1 Å². The molecule has 0 saturated heterocycles. The quantitative estimate of drug-likeness (QED) is 0.822. The Balaban J connectivity index is 3.22. The van der Waals surface area contributed by atoms with Gasteiger partial charge in [0.2, 0.25) is 15.8 Å². The molecule has 0 atom stereocenters. The summed E-state index contributed by atoms with van der Waals surface area (Å²) in [6.45, 7) is 5.43. The van der Waals surface area contributed by atoms with E-state index in [9.17, 15) is 13.2 Å². The molecule has 0 aromatic carbocycles. The molecule has 0 amide bonds. The second-order valence-corrected chi connectivity index (χ2v) is 6.91. The van der Waals surface area contributed by atoms with Gasteiger partial charge < -0.3 is 9.52 Å². The van der Waals surface area contributed by atoms with Gasteiger partial charge in [-0.05, 0) is 12.8 Å². The molecule has 0 aliphatic rings. The van der Waals surface area contributed by atoms with Gasteiger partial charge in [-0.1, -0.05) is 13.8 Å². The lowest BCUT2D eigenvalue weighted by molar-refractivity contribution is 0.0661. The maximum atomic E-state index is 12.6. The number of carboxylic acids is 1. The van der Waals surface area contributed by atoms with E-state index in [1.54, 1.807) is 0 Å². The summed E-state index contributed by atoms with van der Waals surface area (Å²) in [5.41, 5.74) is 0. The molecule has 8 heteroatoms. The van der Waals surface area contributed by atoms with E-state index in [4.69, 9.17) is 14.8 Å². The first-order valence-electron chi connectivity index (χ1n) is 6.41. The Hall–Kier alpha value is -1.85. The summed E-state index contributed by atoms with van der Waals surface area (Å²) in [4.78, 5) is 10.7.